The Kier molecular flexibility index (Phi) is 4.79. The first-order valence-electron chi connectivity index (χ1n) is 6.22. The Morgan fingerprint density at radius 2 is 1.78 bits per heavy atom. The van der Waals surface area contributed by atoms with Crippen molar-refractivity contribution in [3.05, 3.63) is 74.1 Å². The van der Waals surface area contributed by atoms with Gasteiger partial charge in [-0.2, -0.15) is 5.26 Å². The largest absolute Gasteiger partial charge is 0.288 e. The van der Waals surface area contributed by atoms with E-state index < -0.39 is 30.2 Å². The van der Waals surface area contributed by atoms with Crippen LogP contribution in [0.4, 0.5) is 5.69 Å². The fourth-order valence-corrected chi connectivity index (χ4v) is 3.28. The predicted octanol–water partition coefficient (Wildman–Crippen LogP) is 3.59. The van der Waals surface area contributed by atoms with E-state index in [9.17, 15) is 23.8 Å². The normalized spacial score (nSPS) is 11.7. The third kappa shape index (κ3) is 3.56. The lowest BCUT2D eigenvalue weighted by Gasteiger charge is -2.04. The van der Waals surface area contributed by atoms with E-state index in [4.69, 9.17) is 11.6 Å². The standard InChI is InChI=1S/C15H9ClN2O4S/c16-12-7-5-11(6-8-12)9-13(10-17)23(21,22)15-4-2-1-3-14(15)18(19)20/h1-9H. The molecule has 0 unspecified atom stereocenters. The molecule has 116 valence electrons. The number of benzene rings is 2. The van der Waals surface area contributed by atoms with Gasteiger partial charge in [0.25, 0.3) is 5.69 Å². The van der Waals surface area contributed by atoms with Crippen molar-refractivity contribution in [1.82, 2.24) is 0 Å². The maximum Gasteiger partial charge on any atom is 0.288 e. The highest BCUT2D eigenvalue weighted by atomic mass is 35.5. The third-order valence-electron chi connectivity index (χ3n) is 2.92. The summed E-state index contributed by atoms with van der Waals surface area (Å²) in [5, 5.41) is 20.6. The molecule has 0 fully saturated rings. The van der Waals surface area contributed by atoms with E-state index in [0.717, 1.165) is 18.2 Å². The maximum atomic E-state index is 12.5. The first-order chi connectivity index (χ1) is 10.9. The zero-order valence-electron chi connectivity index (χ0n) is 11.5. The molecule has 0 saturated carbocycles. The van der Waals surface area contributed by atoms with Gasteiger partial charge in [0.15, 0.2) is 0 Å². The van der Waals surface area contributed by atoms with E-state index in [0.29, 0.717) is 10.6 Å². The fourth-order valence-electron chi connectivity index (χ4n) is 1.83. The molecular weight excluding hydrogens is 340 g/mol. The van der Waals surface area contributed by atoms with E-state index in [1.165, 1.54) is 24.3 Å². The first-order valence-corrected chi connectivity index (χ1v) is 8.08. The Balaban J connectivity index is 2.59. The number of halogens is 1. The summed E-state index contributed by atoms with van der Waals surface area (Å²) in [6, 6.07) is 12.6. The van der Waals surface area contributed by atoms with Crippen molar-refractivity contribution in [3.8, 4) is 6.07 Å². The minimum atomic E-state index is -4.31. The second kappa shape index (κ2) is 6.60. The number of hydrogen-bond acceptors (Lipinski definition) is 5. The Morgan fingerprint density at radius 3 is 2.35 bits per heavy atom. The smallest absolute Gasteiger partial charge is 0.258 e. The lowest BCUT2D eigenvalue weighted by atomic mass is 10.2. The van der Waals surface area contributed by atoms with Gasteiger partial charge >= 0.3 is 0 Å². The number of para-hydroxylation sites is 1. The Morgan fingerprint density at radius 1 is 1.17 bits per heavy atom. The molecule has 0 spiro atoms. The van der Waals surface area contributed by atoms with Gasteiger partial charge in [-0.05, 0) is 29.8 Å². The third-order valence-corrected chi connectivity index (χ3v) is 4.88. The van der Waals surface area contributed by atoms with Gasteiger partial charge in [-0.3, -0.25) is 10.1 Å². The van der Waals surface area contributed by atoms with Crippen molar-refractivity contribution in [2.75, 3.05) is 0 Å². The van der Waals surface area contributed by atoms with Crippen LogP contribution < -0.4 is 0 Å². The molecule has 0 aromatic heterocycles. The van der Waals surface area contributed by atoms with Gasteiger partial charge in [-0.25, -0.2) is 8.42 Å². The number of allylic oxidation sites excluding steroid dienone is 1. The summed E-state index contributed by atoms with van der Waals surface area (Å²) in [5.74, 6) is 0. The zero-order chi connectivity index (χ0) is 17.0. The van der Waals surface area contributed by atoms with Crippen LogP contribution >= 0.6 is 11.6 Å². The highest BCUT2D eigenvalue weighted by molar-refractivity contribution is 7.95. The van der Waals surface area contributed by atoms with Crippen LogP contribution in [0.15, 0.2) is 58.3 Å². The summed E-state index contributed by atoms with van der Waals surface area (Å²) < 4.78 is 25.1. The average molecular weight is 349 g/mol. The van der Waals surface area contributed by atoms with E-state index >= 15 is 0 Å². The van der Waals surface area contributed by atoms with Crippen molar-refractivity contribution in [3.63, 3.8) is 0 Å². The summed E-state index contributed by atoms with van der Waals surface area (Å²) in [6.07, 6.45) is 1.14. The minimum Gasteiger partial charge on any atom is -0.258 e. The summed E-state index contributed by atoms with van der Waals surface area (Å²) in [4.78, 5) is 9.09. The molecule has 6 nitrogen and oxygen atoms in total. The van der Waals surface area contributed by atoms with Gasteiger partial charge < -0.3 is 0 Å². The molecule has 0 aliphatic heterocycles. The topological polar surface area (TPSA) is 101 Å². The molecule has 2 aromatic carbocycles. The minimum absolute atomic E-state index is 0.438. The maximum absolute atomic E-state index is 12.5. The molecule has 0 heterocycles. The summed E-state index contributed by atoms with van der Waals surface area (Å²) >= 11 is 5.74. The van der Waals surface area contributed by atoms with E-state index in [1.807, 2.05) is 0 Å². The van der Waals surface area contributed by atoms with E-state index in [-0.39, 0.29) is 0 Å². The summed E-state index contributed by atoms with van der Waals surface area (Å²) in [5.41, 5.74) is -0.141. The van der Waals surface area contributed by atoms with E-state index in [1.54, 1.807) is 18.2 Å². The summed E-state index contributed by atoms with van der Waals surface area (Å²) in [7, 11) is -4.31. The van der Waals surface area contributed by atoms with Crippen molar-refractivity contribution in [2.24, 2.45) is 0 Å². The van der Waals surface area contributed by atoms with Crippen LogP contribution in [-0.2, 0) is 9.84 Å². The molecule has 8 heteroatoms. The number of sulfone groups is 1. The van der Waals surface area contributed by atoms with Crippen LogP contribution in [0.2, 0.25) is 5.02 Å². The van der Waals surface area contributed by atoms with Crippen LogP contribution in [0.1, 0.15) is 5.56 Å². The molecule has 0 radical (unpaired) electrons. The number of nitrogens with zero attached hydrogens (tertiary/aromatic N) is 2. The molecule has 2 aromatic rings. The number of rotatable bonds is 4. The molecule has 0 amide bonds. The Hall–Kier alpha value is -2.69. The molecule has 0 aliphatic carbocycles. The molecule has 0 bridgehead atoms. The molecule has 0 N–H and O–H groups in total. The Labute approximate surface area is 137 Å². The second-order valence-electron chi connectivity index (χ2n) is 4.40. The molecule has 23 heavy (non-hydrogen) atoms. The molecule has 0 atom stereocenters. The number of hydrogen-bond donors (Lipinski definition) is 0. The molecular formula is C15H9ClN2O4S. The van der Waals surface area contributed by atoms with Crippen LogP contribution in [0.5, 0.6) is 0 Å². The van der Waals surface area contributed by atoms with Crippen molar-refractivity contribution in [2.45, 2.75) is 4.90 Å². The van der Waals surface area contributed by atoms with Gasteiger partial charge in [0.05, 0.1) is 4.92 Å². The number of nitro groups is 1. The van der Waals surface area contributed by atoms with Crippen LogP contribution in [0.25, 0.3) is 6.08 Å². The second-order valence-corrected chi connectivity index (χ2v) is 6.72. The lowest BCUT2D eigenvalue weighted by molar-refractivity contribution is -0.387. The van der Waals surface area contributed by atoms with Gasteiger partial charge in [0, 0.05) is 11.1 Å². The molecule has 0 aliphatic rings. The molecule has 0 saturated heterocycles. The quantitative estimate of drug-likeness (QED) is 0.477. The van der Waals surface area contributed by atoms with Crippen molar-refractivity contribution < 1.29 is 13.3 Å². The average Bonchev–Trinajstić information content (AvgIpc) is 2.54. The monoisotopic (exact) mass is 348 g/mol. The SMILES string of the molecule is N#CC(=Cc1ccc(Cl)cc1)S(=O)(=O)c1ccccc1[N+](=O)[O-]. The highest BCUT2D eigenvalue weighted by Gasteiger charge is 2.29. The van der Waals surface area contributed by atoms with Crippen LogP contribution in [0, 0.1) is 21.4 Å². The van der Waals surface area contributed by atoms with Gasteiger partial charge in [-0.15, -0.1) is 0 Å². The van der Waals surface area contributed by atoms with Gasteiger partial charge in [0.1, 0.15) is 15.9 Å². The van der Waals surface area contributed by atoms with Gasteiger partial charge in [0.2, 0.25) is 9.84 Å². The van der Waals surface area contributed by atoms with E-state index in [2.05, 4.69) is 0 Å². The molecule has 2 rings (SSSR count). The lowest BCUT2D eigenvalue weighted by Crippen LogP contribution is -2.06. The number of nitro benzene ring substituents is 1. The highest BCUT2D eigenvalue weighted by Crippen LogP contribution is 2.29. The fraction of sp³-hybridized carbons (Fsp3) is 0. The zero-order valence-corrected chi connectivity index (χ0v) is 13.1. The van der Waals surface area contributed by atoms with Crippen molar-refractivity contribution >= 4 is 33.2 Å². The first kappa shape index (κ1) is 16.7. The summed E-state index contributed by atoms with van der Waals surface area (Å²) in [6.45, 7) is 0. The van der Waals surface area contributed by atoms with Crippen LogP contribution in [-0.4, -0.2) is 13.3 Å². The predicted molar refractivity (Wildman–Crippen MR) is 85.3 cm³/mol. The number of nitriles is 1. The van der Waals surface area contributed by atoms with Gasteiger partial charge in [-0.1, -0.05) is 35.9 Å². The van der Waals surface area contributed by atoms with Crippen LogP contribution in [0.3, 0.4) is 0 Å². The van der Waals surface area contributed by atoms with Crippen molar-refractivity contribution in [1.29, 1.82) is 5.26 Å². The Bertz CT molecular complexity index is 929.